The molecule has 0 aliphatic heterocycles. The Bertz CT molecular complexity index is 491. The predicted molar refractivity (Wildman–Crippen MR) is 60.9 cm³/mol. The van der Waals surface area contributed by atoms with E-state index in [0.717, 1.165) is 5.56 Å². The molecule has 0 aliphatic carbocycles. The molecule has 0 unspecified atom stereocenters. The Balaban J connectivity index is 2.04. The normalized spacial score (nSPS) is 10.2. The van der Waals surface area contributed by atoms with E-state index in [1.165, 1.54) is 23.3 Å². The van der Waals surface area contributed by atoms with Crippen LogP contribution in [0.15, 0.2) is 47.1 Å². The van der Waals surface area contributed by atoms with Crippen molar-refractivity contribution in [2.45, 2.75) is 6.54 Å². The van der Waals surface area contributed by atoms with E-state index in [9.17, 15) is 9.18 Å². The first kappa shape index (κ1) is 11.4. The Hall–Kier alpha value is -2.10. The van der Waals surface area contributed by atoms with Crippen molar-refractivity contribution in [3.63, 3.8) is 0 Å². The van der Waals surface area contributed by atoms with Gasteiger partial charge in [-0.05, 0) is 29.8 Å². The lowest BCUT2D eigenvalue weighted by Gasteiger charge is -2.15. The number of amides is 1. The summed E-state index contributed by atoms with van der Waals surface area (Å²) in [6.07, 6.45) is 1.46. The molecule has 2 rings (SSSR count). The van der Waals surface area contributed by atoms with Crippen molar-refractivity contribution in [2.75, 3.05) is 7.05 Å². The lowest BCUT2D eigenvalue weighted by atomic mass is 10.2. The minimum atomic E-state index is -0.284. The highest BCUT2D eigenvalue weighted by Crippen LogP contribution is 2.09. The summed E-state index contributed by atoms with van der Waals surface area (Å²) in [7, 11) is 1.67. The van der Waals surface area contributed by atoms with Crippen molar-refractivity contribution in [1.82, 2.24) is 4.90 Å². The summed E-state index contributed by atoms with van der Waals surface area (Å²) in [5.74, 6) is -0.178. The Morgan fingerprint density at radius 1 is 1.29 bits per heavy atom. The first-order chi connectivity index (χ1) is 8.16. The molecule has 0 bridgehead atoms. The van der Waals surface area contributed by atoms with Crippen LogP contribution < -0.4 is 0 Å². The van der Waals surface area contributed by atoms with E-state index in [-0.39, 0.29) is 11.7 Å². The van der Waals surface area contributed by atoms with Crippen molar-refractivity contribution in [1.29, 1.82) is 0 Å². The first-order valence-electron chi connectivity index (χ1n) is 5.20. The number of hydrogen-bond acceptors (Lipinski definition) is 2. The zero-order valence-corrected chi connectivity index (χ0v) is 9.39. The zero-order valence-electron chi connectivity index (χ0n) is 9.39. The maximum atomic E-state index is 12.7. The summed E-state index contributed by atoms with van der Waals surface area (Å²) in [6, 6.07) is 9.34. The molecule has 1 aromatic carbocycles. The van der Waals surface area contributed by atoms with E-state index in [1.54, 1.807) is 31.3 Å². The van der Waals surface area contributed by atoms with Crippen molar-refractivity contribution >= 4 is 5.91 Å². The summed E-state index contributed by atoms with van der Waals surface area (Å²) < 4.78 is 17.7. The molecule has 0 saturated carbocycles. The molecule has 17 heavy (non-hydrogen) atoms. The van der Waals surface area contributed by atoms with Crippen molar-refractivity contribution in [3.8, 4) is 0 Å². The number of carbonyl (C=O) groups excluding carboxylic acids is 1. The second-order valence-corrected chi connectivity index (χ2v) is 3.76. The topological polar surface area (TPSA) is 33.5 Å². The van der Waals surface area contributed by atoms with Crippen LogP contribution in [0.3, 0.4) is 0 Å². The van der Waals surface area contributed by atoms with Gasteiger partial charge in [-0.25, -0.2) is 4.39 Å². The number of rotatable bonds is 3. The average Bonchev–Trinajstić information content (AvgIpc) is 2.84. The van der Waals surface area contributed by atoms with Gasteiger partial charge in [0.25, 0.3) is 5.91 Å². The summed E-state index contributed by atoms with van der Waals surface area (Å²) in [5, 5.41) is 0. The minimum absolute atomic E-state index is 0.195. The molecule has 3 nitrogen and oxygen atoms in total. The number of hydrogen-bond donors (Lipinski definition) is 0. The van der Waals surface area contributed by atoms with Gasteiger partial charge in [0.2, 0.25) is 0 Å². The molecule has 2 aromatic rings. The van der Waals surface area contributed by atoms with Crippen LogP contribution in [0.1, 0.15) is 16.1 Å². The van der Waals surface area contributed by atoms with Gasteiger partial charge in [-0.3, -0.25) is 4.79 Å². The van der Waals surface area contributed by atoms with Gasteiger partial charge in [-0.15, -0.1) is 0 Å². The maximum Gasteiger partial charge on any atom is 0.289 e. The van der Waals surface area contributed by atoms with E-state index in [2.05, 4.69) is 0 Å². The van der Waals surface area contributed by atoms with Crippen molar-refractivity contribution in [2.24, 2.45) is 0 Å². The summed E-state index contributed by atoms with van der Waals surface area (Å²) >= 11 is 0. The number of furan rings is 1. The van der Waals surface area contributed by atoms with Gasteiger partial charge >= 0.3 is 0 Å². The quantitative estimate of drug-likeness (QED) is 0.816. The SMILES string of the molecule is CN(Cc1ccc(F)cc1)C(=O)c1ccco1. The average molecular weight is 233 g/mol. The number of nitrogens with zero attached hydrogens (tertiary/aromatic N) is 1. The van der Waals surface area contributed by atoms with E-state index in [0.29, 0.717) is 12.3 Å². The molecule has 1 heterocycles. The smallest absolute Gasteiger partial charge is 0.289 e. The largest absolute Gasteiger partial charge is 0.459 e. The van der Waals surface area contributed by atoms with Crippen LogP contribution in [0, 0.1) is 5.82 Å². The van der Waals surface area contributed by atoms with Crippen LogP contribution in [-0.2, 0) is 6.54 Å². The van der Waals surface area contributed by atoms with Crippen LogP contribution in [0.5, 0.6) is 0 Å². The van der Waals surface area contributed by atoms with E-state index in [4.69, 9.17) is 4.42 Å². The van der Waals surface area contributed by atoms with Gasteiger partial charge in [-0.2, -0.15) is 0 Å². The fraction of sp³-hybridized carbons (Fsp3) is 0.154. The second-order valence-electron chi connectivity index (χ2n) is 3.76. The van der Waals surface area contributed by atoms with Crippen LogP contribution in [0.25, 0.3) is 0 Å². The van der Waals surface area contributed by atoms with Crippen molar-refractivity contribution in [3.05, 3.63) is 59.8 Å². The third-order valence-electron chi connectivity index (χ3n) is 2.41. The highest BCUT2D eigenvalue weighted by atomic mass is 19.1. The molecule has 1 amide bonds. The lowest BCUT2D eigenvalue weighted by molar-refractivity contribution is 0.0753. The summed E-state index contributed by atoms with van der Waals surface area (Å²) in [4.78, 5) is 13.4. The Kier molecular flexibility index (Phi) is 3.23. The fourth-order valence-corrected chi connectivity index (χ4v) is 1.52. The monoisotopic (exact) mass is 233 g/mol. The van der Waals surface area contributed by atoms with E-state index >= 15 is 0 Å². The van der Waals surface area contributed by atoms with Crippen LogP contribution in [0.4, 0.5) is 4.39 Å². The highest BCUT2D eigenvalue weighted by molar-refractivity contribution is 5.91. The first-order valence-corrected chi connectivity index (χ1v) is 5.20. The molecule has 0 N–H and O–H groups in total. The molecular formula is C13H12FNO2. The molecule has 88 valence electrons. The highest BCUT2D eigenvalue weighted by Gasteiger charge is 2.14. The third kappa shape index (κ3) is 2.72. The molecular weight excluding hydrogens is 221 g/mol. The summed E-state index contributed by atoms with van der Waals surface area (Å²) in [6.45, 7) is 0.416. The second kappa shape index (κ2) is 4.82. The molecule has 1 aromatic heterocycles. The molecule has 0 aliphatic rings. The Labute approximate surface area is 98.5 Å². The fourth-order valence-electron chi connectivity index (χ4n) is 1.52. The van der Waals surface area contributed by atoms with Crippen LogP contribution in [-0.4, -0.2) is 17.9 Å². The Morgan fingerprint density at radius 2 is 2.00 bits per heavy atom. The standard InChI is InChI=1S/C13H12FNO2/c1-15(13(16)12-3-2-8-17-12)9-10-4-6-11(14)7-5-10/h2-8H,9H2,1H3. The van der Waals surface area contributed by atoms with E-state index < -0.39 is 0 Å². The number of carbonyl (C=O) groups is 1. The zero-order chi connectivity index (χ0) is 12.3. The maximum absolute atomic E-state index is 12.7. The van der Waals surface area contributed by atoms with Crippen LogP contribution >= 0.6 is 0 Å². The molecule has 4 heteroatoms. The molecule has 0 atom stereocenters. The van der Waals surface area contributed by atoms with Gasteiger partial charge in [0.1, 0.15) is 5.82 Å². The van der Waals surface area contributed by atoms with Crippen molar-refractivity contribution < 1.29 is 13.6 Å². The predicted octanol–water partition coefficient (Wildman–Crippen LogP) is 2.69. The van der Waals surface area contributed by atoms with Gasteiger partial charge in [0.05, 0.1) is 6.26 Å². The lowest BCUT2D eigenvalue weighted by Crippen LogP contribution is -2.25. The molecule has 0 fully saturated rings. The van der Waals surface area contributed by atoms with Gasteiger partial charge in [0, 0.05) is 13.6 Å². The molecule has 0 radical (unpaired) electrons. The molecule has 0 saturated heterocycles. The number of halogens is 1. The van der Waals surface area contributed by atoms with Gasteiger partial charge in [0.15, 0.2) is 5.76 Å². The third-order valence-corrected chi connectivity index (χ3v) is 2.41. The van der Waals surface area contributed by atoms with Gasteiger partial charge in [-0.1, -0.05) is 12.1 Å². The van der Waals surface area contributed by atoms with Gasteiger partial charge < -0.3 is 9.32 Å². The van der Waals surface area contributed by atoms with E-state index in [1.807, 2.05) is 0 Å². The molecule has 0 spiro atoms. The van der Waals surface area contributed by atoms with Crippen LogP contribution in [0.2, 0.25) is 0 Å². The summed E-state index contributed by atoms with van der Waals surface area (Å²) in [5.41, 5.74) is 0.869. The number of benzene rings is 1. The minimum Gasteiger partial charge on any atom is -0.459 e. The Morgan fingerprint density at radius 3 is 2.59 bits per heavy atom.